The lowest BCUT2D eigenvalue weighted by atomic mass is 9.88. The Morgan fingerprint density at radius 2 is 0.336 bits per heavy atom. The zero-order chi connectivity index (χ0) is 83.5. The summed E-state index contributed by atoms with van der Waals surface area (Å²) in [5.74, 6) is 14.8. The molecule has 656 valence electrons. The van der Waals surface area contributed by atoms with Crippen LogP contribution in [0.5, 0.6) is 17.2 Å². The second-order valence-corrected chi connectivity index (χ2v) is 43.9. The van der Waals surface area contributed by atoms with Crippen LogP contribution in [0.3, 0.4) is 0 Å². The molecule has 0 aliphatic rings. The van der Waals surface area contributed by atoms with Crippen molar-refractivity contribution in [3.05, 3.63) is 88.0 Å². The highest BCUT2D eigenvalue weighted by atomic mass is 31.2. The Labute approximate surface area is 707 Å². The van der Waals surface area contributed by atoms with Crippen LogP contribution >= 0.6 is 7.82 Å². The van der Waals surface area contributed by atoms with Crippen LogP contribution in [-0.2, 0) is 43.1 Å². The van der Waals surface area contributed by atoms with Gasteiger partial charge in [0.2, 0.25) is 0 Å². The summed E-state index contributed by atoms with van der Waals surface area (Å²) in [4.78, 5) is 0. The fourth-order valence-corrected chi connectivity index (χ4v) is 19.7. The number of hydrogen-bond acceptors (Lipinski definition) is 4. The largest absolute Gasteiger partial charge is 0.647 e. The number of benzene rings is 3. The summed E-state index contributed by atoms with van der Waals surface area (Å²) < 4.78 is 39.9. The van der Waals surface area contributed by atoms with Crippen LogP contribution in [-0.4, -0.2) is 0 Å². The molecule has 0 spiro atoms. The van der Waals surface area contributed by atoms with E-state index in [0.717, 1.165) is 148 Å². The van der Waals surface area contributed by atoms with Crippen LogP contribution in [0.25, 0.3) is 0 Å². The molecule has 113 heavy (non-hydrogen) atoms. The minimum atomic E-state index is -4.53. The zero-order valence-electron chi connectivity index (χ0n) is 80.1. The van der Waals surface area contributed by atoms with Gasteiger partial charge in [-0.1, -0.05) is 434 Å². The average Bonchev–Trinajstić information content (AvgIpc) is 0.790. The molecule has 12 atom stereocenters. The highest BCUT2D eigenvalue weighted by molar-refractivity contribution is 7.49. The Hall–Kier alpha value is -2.71. The lowest BCUT2D eigenvalue weighted by Crippen LogP contribution is -2.14. The predicted octanol–water partition coefficient (Wildman–Crippen LogP) is 36.5. The van der Waals surface area contributed by atoms with Gasteiger partial charge in [0.1, 0.15) is 17.2 Å². The maximum absolute atomic E-state index is 17.4. The molecule has 3 rings (SSSR count). The van der Waals surface area contributed by atoms with E-state index < -0.39 is 7.82 Å². The molecule has 0 aliphatic heterocycles. The van der Waals surface area contributed by atoms with E-state index in [1.54, 1.807) is 0 Å². The van der Waals surface area contributed by atoms with Gasteiger partial charge in [-0.15, -0.1) is 0 Å². The van der Waals surface area contributed by atoms with Crippen LogP contribution < -0.4 is 13.6 Å². The third kappa shape index (κ3) is 51.5. The average molecular weight is 1590 g/mol. The van der Waals surface area contributed by atoms with Crippen molar-refractivity contribution in [3.63, 3.8) is 0 Å². The summed E-state index contributed by atoms with van der Waals surface area (Å²) in [6.45, 7) is 58.2. The number of rotatable bonds is 72. The summed E-state index contributed by atoms with van der Waals surface area (Å²) in [5, 5.41) is 0. The molecular weight excluding hydrogens is 1390 g/mol. The molecular formula is C108H195O4P. The topological polar surface area (TPSA) is 44.8 Å². The number of phosphoric acid groups is 1. The smallest absolute Gasteiger partial charge is 0.386 e. The van der Waals surface area contributed by atoms with Crippen LogP contribution in [0, 0.1) is 107 Å². The fraction of sp³-hybridized carbons (Fsp3) is 0.833. The van der Waals surface area contributed by atoms with Crippen molar-refractivity contribution in [2.75, 3.05) is 0 Å². The molecule has 0 fully saturated rings. The Bertz CT molecular complexity index is 2530. The lowest BCUT2D eigenvalue weighted by Gasteiger charge is -2.26. The minimum absolute atomic E-state index is 0.549. The predicted molar refractivity (Wildman–Crippen MR) is 504 cm³/mol. The fourth-order valence-electron chi connectivity index (χ4n) is 18.3. The Balaban J connectivity index is 2.31. The monoisotopic (exact) mass is 1590 g/mol. The van der Waals surface area contributed by atoms with E-state index >= 15 is 4.57 Å². The maximum atomic E-state index is 17.4. The van der Waals surface area contributed by atoms with Crippen molar-refractivity contribution in [1.29, 1.82) is 0 Å². The standard InChI is InChI=1S/C108H195O4P/c1-82(2)40-25-46-88(13)52-31-58-94(19)70-76-100-64-37-67-106(103(100)79-73-97(22)61-34-55-91(16)49-28-43-85(7)8)110-113(109,111-107-68-38-65-101(77-71-95(20)59-32-53-89(14)47-26-41-83(3)4)104(107)80-74-98(23)62-35-56-92(17)50-29-44-86(9)10)112-108-69-39-66-102(78-72-96(21)60-33-54-90(15)48-27-42-84(5)6)105(108)81-75-99(24)63-36-57-93(18)51-30-45-87(11)12/h37-39,64-69,82-99H,25-36,40-63,70-81H2,1-24H3. The third-order valence-corrected chi connectivity index (χ3v) is 28.2. The quantitative estimate of drug-likeness (QED) is 0.0529. The summed E-state index contributed by atoms with van der Waals surface area (Å²) in [6.07, 6.45) is 59.1. The third-order valence-electron chi connectivity index (χ3n) is 26.9. The van der Waals surface area contributed by atoms with E-state index in [0.29, 0.717) is 52.8 Å². The van der Waals surface area contributed by atoms with Crippen molar-refractivity contribution >= 4 is 7.82 Å². The summed E-state index contributed by atoms with van der Waals surface area (Å²) >= 11 is 0. The second-order valence-electron chi connectivity index (χ2n) is 42.4. The molecule has 3 aromatic carbocycles. The van der Waals surface area contributed by atoms with Gasteiger partial charge in [0, 0.05) is 0 Å². The van der Waals surface area contributed by atoms with Gasteiger partial charge in [-0.2, -0.15) is 4.57 Å². The molecule has 0 amide bonds. The molecule has 3 aromatic rings. The van der Waals surface area contributed by atoms with E-state index in [1.807, 2.05) is 0 Å². The second kappa shape index (κ2) is 61.6. The number of hydrogen-bond donors (Lipinski definition) is 0. The summed E-state index contributed by atoms with van der Waals surface area (Å²) in [6, 6.07) is 20.1. The van der Waals surface area contributed by atoms with Crippen molar-refractivity contribution in [2.45, 2.75) is 474 Å². The van der Waals surface area contributed by atoms with Gasteiger partial charge < -0.3 is 13.6 Å². The van der Waals surface area contributed by atoms with Crippen LogP contribution in [0.1, 0.15) is 469 Å². The molecule has 0 aromatic heterocycles. The molecule has 0 bridgehead atoms. The minimum Gasteiger partial charge on any atom is -0.386 e. The SMILES string of the molecule is CC(C)CCCC(C)CCCC(C)CCc1cccc(OP(=O)(Oc2cccc(CCC(C)CCCC(C)CCCC(C)C)c2CCC(C)CCCC(C)CCCC(C)C)Oc2cccc(CCC(C)CCCC(C)CCCC(C)C)c2CCC(C)CCCC(C)CCCC(C)C)c1CCC(C)CCCC(C)CCCC(C)C. The number of aryl methyl sites for hydroxylation is 3. The van der Waals surface area contributed by atoms with E-state index in [-0.39, 0.29) is 0 Å². The van der Waals surface area contributed by atoms with Crippen molar-refractivity contribution < 1.29 is 18.1 Å². The van der Waals surface area contributed by atoms with Gasteiger partial charge in [0.25, 0.3) is 0 Å². The number of phosphoric ester groups is 1. The molecule has 0 saturated carbocycles. The van der Waals surface area contributed by atoms with Gasteiger partial charge >= 0.3 is 7.82 Å². The summed E-state index contributed by atoms with van der Waals surface area (Å²) in [5.41, 5.74) is 7.61. The molecule has 12 unspecified atom stereocenters. The van der Waals surface area contributed by atoms with Crippen molar-refractivity contribution in [2.24, 2.45) is 107 Å². The molecule has 0 heterocycles. The highest BCUT2D eigenvalue weighted by Crippen LogP contribution is 2.54. The summed E-state index contributed by atoms with van der Waals surface area (Å²) in [7, 11) is -4.53. The van der Waals surface area contributed by atoms with E-state index in [2.05, 4.69) is 221 Å². The first-order valence-electron chi connectivity index (χ1n) is 49.8. The first-order valence-corrected chi connectivity index (χ1v) is 51.3. The van der Waals surface area contributed by atoms with Crippen molar-refractivity contribution in [3.8, 4) is 17.2 Å². The molecule has 0 radical (unpaired) electrons. The van der Waals surface area contributed by atoms with Crippen molar-refractivity contribution in [1.82, 2.24) is 0 Å². The Morgan fingerprint density at radius 3 is 0.496 bits per heavy atom. The molecule has 5 heteroatoms. The molecule has 0 saturated heterocycles. The van der Waals surface area contributed by atoms with Crippen LogP contribution in [0.15, 0.2) is 54.6 Å². The Morgan fingerprint density at radius 1 is 0.195 bits per heavy atom. The van der Waals surface area contributed by atoms with E-state index in [9.17, 15) is 0 Å². The molecule has 4 nitrogen and oxygen atoms in total. The first kappa shape index (κ1) is 104. The maximum Gasteiger partial charge on any atom is 0.647 e. The van der Waals surface area contributed by atoms with Gasteiger partial charge in [-0.3, -0.25) is 0 Å². The van der Waals surface area contributed by atoms with Crippen LogP contribution in [0.2, 0.25) is 0 Å². The highest BCUT2D eigenvalue weighted by Gasteiger charge is 2.37. The zero-order valence-corrected chi connectivity index (χ0v) is 81.0. The Kier molecular flexibility index (Phi) is 56.9. The van der Waals surface area contributed by atoms with Gasteiger partial charge in [-0.05, 0) is 235 Å². The normalized spacial score (nSPS) is 16.1. The van der Waals surface area contributed by atoms with E-state index in [1.165, 1.54) is 265 Å². The van der Waals surface area contributed by atoms with Gasteiger partial charge in [0.05, 0.1) is 0 Å². The van der Waals surface area contributed by atoms with E-state index in [4.69, 9.17) is 13.6 Å². The van der Waals surface area contributed by atoms with Gasteiger partial charge in [0.15, 0.2) is 0 Å². The lowest BCUT2D eigenvalue weighted by molar-refractivity contribution is 0.293. The molecule has 0 N–H and O–H groups in total. The first-order chi connectivity index (χ1) is 53.8. The van der Waals surface area contributed by atoms with Gasteiger partial charge in [-0.25, -0.2) is 0 Å². The van der Waals surface area contributed by atoms with Crippen LogP contribution in [0.4, 0.5) is 0 Å². The molecule has 0 aliphatic carbocycles.